The van der Waals surface area contributed by atoms with Crippen molar-refractivity contribution in [1.29, 1.82) is 0 Å². The van der Waals surface area contributed by atoms with E-state index in [1.807, 2.05) is 0 Å². The molecule has 3 aromatic rings. The van der Waals surface area contributed by atoms with E-state index in [1.165, 1.54) is 13.3 Å². The number of primary amides is 1. The summed E-state index contributed by atoms with van der Waals surface area (Å²) in [6.07, 6.45) is 1.43. The number of nitrogens with one attached hydrogen (secondary N) is 1. The molecule has 0 atom stereocenters. The summed E-state index contributed by atoms with van der Waals surface area (Å²) in [4.78, 5) is 30.1. The number of nitrogens with zero attached hydrogens (tertiary/aromatic N) is 5. The molecule has 12 nitrogen and oxygen atoms in total. The van der Waals surface area contributed by atoms with Crippen molar-refractivity contribution in [2.24, 2.45) is 5.73 Å². The Morgan fingerprint density at radius 1 is 1.22 bits per heavy atom. The summed E-state index contributed by atoms with van der Waals surface area (Å²) in [7, 11) is 1.49. The third-order valence-electron chi connectivity index (χ3n) is 4.82. The summed E-state index contributed by atoms with van der Waals surface area (Å²) in [6, 6.07) is 6.83. The third-order valence-corrected chi connectivity index (χ3v) is 4.82. The monoisotopic (exact) mass is 439 g/mol. The molecule has 12 heteroatoms. The molecule has 1 saturated heterocycles. The van der Waals surface area contributed by atoms with Gasteiger partial charge in [-0.15, -0.1) is 5.10 Å². The summed E-state index contributed by atoms with van der Waals surface area (Å²) in [6.45, 7) is 2.11. The number of para-hydroxylation sites is 1. The fraction of sp³-hybridized carbons (Fsp3) is 0.300. The maximum absolute atomic E-state index is 12.4. The average molecular weight is 439 g/mol. The Labute approximate surface area is 182 Å². The number of benzene rings is 1. The molecule has 1 fully saturated rings. The highest BCUT2D eigenvalue weighted by Crippen LogP contribution is 2.37. The molecular weight excluding hydrogens is 418 g/mol. The van der Waals surface area contributed by atoms with Gasteiger partial charge in [-0.3, -0.25) is 9.59 Å². The largest absolute Gasteiger partial charge is 0.494 e. The fourth-order valence-corrected chi connectivity index (χ4v) is 3.28. The van der Waals surface area contributed by atoms with E-state index < -0.39 is 5.91 Å². The van der Waals surface area contributed by atoms with Crippen molar-refractivity contribution in [3.05, 3.63) is 42.0 Å². The van der Waals surface area contributed by atoms with Crippen LogP contribution in [-0.4, -0.2) is 70.5 Å². The standard InChI is InChI=1S/C20H21N7O5/c1-30-18-12(3-2-4-14(18)23-13-5-6-22-25-17(13)19(21)29)20-24-15(32-26-20)11-16(28)27-7-9-31-10-8-27/h2-6H,7-11H2,1H3,(H2,21,29)(H,22,23). The number of nitrogens with two attached hydrogens (primary N) is 1. The molecular formula is C20H21N7O5. The smallest absolute Gasteiger partial charge is 0.271 e. The number of morpholine rings is 1. The predicted molar refractivity (Wildman–Crippen MR) is 111 cm³/mol. The molecule has 0 unspecified atom stereocenters. The van der Waals surface area contributed by atoms with Gasteiger partial charge in [0.1, 0.15) is 6.42 Å². The Kier molecular flexibility index (Phi) is 6.22. The number of hydrogen-bond acceptors (Lipinski definition) is 10. The van der Waals surface area contributed by atoms with Crippen molar-refractivity contribution in [2.45, 2.75) is 6.42 Å². The van der Waals surface area contributed by atoms with E-state index in [0.29, 0.717) is 49.0 Å². The molecule has 2 aromatic heterocycles. The van der Waals surface area contributed by atoms with Crippen molar-refractivity contribution >= 4 is 23.2 Å². The van der Waals surface area contributed by atoms with Crippen LogP contribution in [0.2, 0.25) is 0 Å². The van der Waals surface area contributed by atoms with E-state index in [1.54, 1.807) is 29.2 Å². The van der Waals surface area contributed by atoms with Gasteiger partial charge in [-0.05, 0) is 18.2 Å². The van der Waals surface area contributed by atoms with Gasteiger partial charge in [0.05, 0.1) is 43.5 Å². The van der Waals surface area contributed by atoms with Crippen LogP contribution >= 0.6 is 0 Å². The molecule has 1 aliphatic heterocycles. The average Bonchev–Trinajstić information content (AvgIpc) is 3.28. The lowest BCUT2D eigenvalue weighted by molar-refractivity contribution is -0.134. The quantitative estimate of drug-likeness (QED) is 0.538. The van der Waals surface area contributed by atoms with Gasteiger partial charge in [-0.1, -0.05) is 11.2 Å². The lowest BCUT2D eigenvalue weighted by atomic mass is 10.1. The summed E-state index contributed by atoms with van der Waals surface area (Å²) in [5.41, 5.74) is 6.79. The lowest BCUT2D eigenvalue weighted by Crippen LogP contribution is -2.41. The Balaban J connectivity index is 1.57. The minimum atomic E-state index is -0.719. The van der Waals surface area contributed by atoms with Crippen LogP contribution in [0.3, 0.4) is 0 Å². The maximum atomic E-state index is 12.4. The summed E-state index contributed by atoms with van der Waals surface area (Å²) in [5, 5.41) is 14.5. The van der Waals surface area contributed by atoms with E-state index >= 15 is 0 Å². The molecule has 0 aliphatic carbocycles. The van der Waals surface area contributed by atoms with Crippen LogP contribution in [-0.2, 0) is 16.0 Å². The molecule has 3 heterocycles. The van der Waals surface area contributed by atoms with E-state index in [4.69, 9.17) is 19.7 Å². The molecule has 0 spiro atoms. The van der Waals surface area contributed by atoms with Crippen LogP contribution in [0, 0.1) is 0 Å². The van der Waals surface area contributed by atoms with Gasteiger partial charge in [-0.25, -0.2) is 0 Å². The predicted octanol–water partition coefficient (Wildman–Crippen LogP) is 0.779. The summed E-state index contributed by atoms with van der Waals surface area (Å²) in [5.74, 6) is 0.0506. The van der Waals surface area contributed by atoms with Crippen molar-refractivity contribution in [2.75, 3.05) is 38.7 Å². The van der Waals surface area contributed by atoms with Crippen LogP contribution in [0.1, 0.15) is 16.4 Å². The second-order valence-electron chi connectivity index (χ2n) is 6.85. The second kappa shape index (κ2) is 9.39. The number of methoxy groups -OCH3 is 1. The molecule has 4 rings (SSSR count). The number of hydrogen-bond donors (Lipinski definition) is 2. The highest BCUT2D eigenvalue weighted by atomic mass is 16.5. The van der Waals surface area contributed by atoms with Gasteiger partial charge >= 0.3 is 0 Å². The molecule has 166 valence electrons. The van der Waals surface area contributed by atoms with Gasteiger partial charge in [0, 0.05) is 13.1 Å². The van der Waals surface area contributed by atoms with Crippen molar-refractivity contribution in [3.63, 3.8) is 0 Å². The molecule has 2 amide bonds. The van der Waals surface area contributed by atoms with Gasteiger partial charge in [0.2, 0.25) is 17.6 Å². The topological polar surface area (TPSA) is 159 Å². The number of rotatable bonds is 7. The normalized spacial score (nSPS) is 13.6. The van der Waals surface area contributed by atoms with Crippen molar-refractivity contribution in [3.8, 4) is 17.1 Å². The highest BCUT2D eigenvalue weighted by Gasteiger charge is 2.22. The first-order valence-electron chi connectivity index (χ1n) is 9.81. The van der Waals surface area contributed by atoms with Crippen LogP contribution in [0.4, 0.5) is 11.4 Å². The zero-order valence-electron chi connectivity index (χ0n) is 17.3. The van der Waals surface area contributed by atoms with Crippen LogP contribution in [0.25, 0.3) is 11.4 Å². The lowest BCUT2D eigenvalue weighted by Gasteiger charge is -2.26. The van der Waals surface area contributed by atoms with Crippen molar-refractivity contribution in [1.82, 2.24) is 25.2 Å². The Bertz CT molecular complexity index is 1130. The number of carbonyl (C=O) groups is 2. The zero-order chi connectivity index (χ0) is 22.5. The molecule has 1 aromatic carbocycles. The van der Waals surface area contributed by atoms with E-state index in [2.05, 4.69) is 25.7 Å². The first-order valence-corrected chi connectivity index (χ1v) is 9.81. The molecule has 0 saturated carbocycles. The first kappa shape index (κ1) is 21.2. The van der Waals surface area contributed by atoms with Gasteiger partial charge in [0.25, 0.3) is 5.91 Å². The number of carbonyl (C=O) groups excluding carboxylic acids is 2. The van der Waals surface area contributed by atoms with Gasteiger partial charge < -0.3 is 29.9 Å². The Hall–Kier alpha value is -4.06. The van der Waals surface area contributed by atoms with Crippen molar-refractivity contribution < 1.29 is 23.6 Å². The van der Waals surface area contributed by atoms with Crippen LogP contribution in [0.15, 0.2) is 35.0 Å². The number of amides is 2. The van der Waals surface area contributed by atoms with Gasteiger partial charge in [0.15, 0.2) is 11.4 Å². The zero-order valence-corrected chi connectivity index (χ0v) is 17.3. The van der Waals surface area contributed by atoms with Crippen LogP contribution < -0.4 is 15.8 Å². The van der Waals surface area contributed by atoms with E-state index in [9.17, 15) is 9.59 Å². The Morgan fingerprint density at radius 2 is 2.03 bits per heavy atom. The highest BCUT2D eigenvalue weighted by molar-refractivity contribution is 5.97. The SMILES string of the molecule is COc1c(Nc2ccnnc2C(N)=O)cccc1-c1noc(CC(=O)N2CCOCC2)n1. The Morgan fingerprint density at radius 3 is 2.78 bits per heavy atom. The molecule has 0 bridgehead atoms. The number of aromatic nitrogens is 4. The minimum absolute atomic E-state index is 0.00207. The first-order chi connectivity index (χ1) is 15.6. The minimum Gasteiger partial charge on any atom is -0.494 e. The molecule has 0 radical (unpaired) electrons. The second-order valence-corrected chi connectivity index (χ2v) is 6.85. The number of ether oxygens (including phenoxy) is 2. The fourth-order valence-electron chi connectivity index (χ4n) is 3.28. The van der Waals surface area contributed by atoms with E-state index in [0.717, 1.165) is 0 Å². The maximum Gasteiger partial charge on any atom is 0.271 e. The molecule has 1 aliphatic rings. The molecule has 32 heavy (non-hydrogen) atoms. The van der Waals surface area contributed by atoms with E-state index in [-0.39, 0.29) is 29.7 Å². The third kappa shape index (κ3) is 4.49. The van der Waals surface area contributed by atoms with Crippen LogP contribution in [0.5, 0.6) is 5.75 Å². The number of anilines is 2. The van der Waals surface area contributed by atoms with Gasteiger partial charge in [-0.2, -0.15) is 10.1 Å². The molecule has 3 N–H and O–H groups in total. The summed E-state index contributed by atoms with van der Waals surface area (Å²) < 4.78 is 16.1. The summed E-state index contributed by atoms with van der Waals surface area (Å²) >= 11 is 0.